The smallest absolute Gasteiger partial charge is 0.328 e. The second-order valence-corrected chi connectivity index (χ2v) is 9.05. The number of benzene rings is 1. The predicted molar refractivity (Wildman–Crippen MR) is 116 cm³/mol. The van der Waals surface area contributed by atoms with E-state index in [0.717, 1.165) is 22.7 Å². The highest BCUT2D eigenvalue weighted by atomic mass is 32.2. The van der Waals surface area contributed by atoms with Crippen LogP contribution in [0.2, 0.25) is 0 Å². The summed E-state index contributed by atoms with van der Waals surface area (Å²) in [6.07, 6.45) is 4.41. The molecule has 3 rings (SSSR count). The Bertz CT molecular complexity index is 943. The minimum absolute atomic E-state index is 0.558. The van der Waals surface area contributed by atoms with E-state index in [9.17, 15) is 13.8 Å². The van der Waals surface area contributed by atoms with Crippen molar-refractivity contribution in [2.24, 2.45) is 0 Å². The first-order valence-electron chi connectivity index (χ1n) is 8.83. The van der Waals surface area contributed by atoms with Crippen molar-refractivity contribution in [2.45, 2.75) is 16.4 Å². The molecule has 154 valence electrons. The Labute approximate surface area is 176 Å². The SMILES string of the molecule is CN(C)CC/C=C1\c2ccccc2CS(=O)c2sccc21.O=C(O)/C=C\C(=O)O. The molecule has 0 saturated carbocycles. The van der Waals surface area contributed by atoms with Gasteiger partial charge in [-0.05, 0) is 48.7 Å². The van der Waals surface area contributed by atoms with Gasteiger partial charge in [-0.25, -0.2) is 9.59 Å². The lowest BCUT2D eigenvalue weighted by Gasteiger charge is -2.11. The maximum Gasteiger partial charge on any atom is 0.328 e. The number of carboxylic acid groups (broad SMARTS) is 2. The molecule has 1 aliphatic heterocycles. The summed E-state index contributed by atoms with van der Waals surface area (Å²) in [5.74, 6) is -1.89. The Balaban J connectivity index is 0.000000321. The molecule has 6 nitrogen and oxygen atoms in total. The average Bonchev–Trinajstić information content (AvgIpc) is 3.10. The molecule has 0 spiro atoms. The zero-order valence-electron chi connectivity index (χ0n) is 16.2. The number of aliphatic carboxylic acids is 2. The van der Waals surface area contributed by atoms with E-state index in [1.807, 2.05) is 6.07 Å². The molecule has 0 saturated heterocycles. The van der Waals surface area contributed by atoms with Crippen molar-refractivity contribution in [3.8, 4) is 0 Å². The summed E-state index contributed by atoms with van der Waals surface area (Å²) in [6, 6.07) is 10.5. The second kappa shape index (κ2) is 10.8. The van der Waals surface area contributed by atoms with Gasteiger partial charge < -0.3 is 15.1 Å². The van der Waals surface area contributed by atoms with Gasteiger partial charge in [0.15, 0.2) is 0 Å². The number of carbonyl (C=O) groups is 2. The molecule has 0 amide bonds. The molecule has 0 aliphatic carbocycles. The molecular weight excluding hydrogens is 410 g/mol. The van der Waals surface area contributed by atoms with E-state index >= 15 is 0 Å². The fourth-order valence-electron chi connectivity index (χ4n) is 2.76. The highest BCUT2D eigenvalue weighted by Crippen LogP contribution is 2.38. The summed E-state index contributed by atoms with van der Waals surface area (Å²) in [4.78, 5) is 21.3. The summed E-state index contributed by atoms with van der Waals surface area (Å²) in [7, 11) is 3.25. The van der Waals surface area contributed by atoms with E-state index in [0.29, 0.717) is 17.9 Å². The molecule has 0 fully saturated rings. The van der Waals surface area contributed by atoms with Crippen molar-refractivity contribution in [2.75, 3.05) is 20.6 Å². The van der Waals surface area contributed by atoms with Gasteiger partial charge in [0.25, 0.3) is 0 Å². The molecule has 0 bridgehead atoms. The molecule has 2 N–H and O–H groups in total. The van der Waals surface area contributed by atoms with Gasteiger partial charge in [-0.3, -0.25) is 4.21 Å². The van der Waals surface area contributed by atoms with Crippen LogP contribution in [0.5, 0.6) is 0 Å². The first kappa shape index (κ1) is 22.7. The fraction of sp³-hybridized carbons (Fsp3) is 0.238. The van der Waals surface area contributed by atoms with E-state index in [4.69, 9.17) is 10.2 Å². The average molecular weight is 434 g/mol. The zero-order chi connectivity index (χ0) is 21.4. The van der Waals surface area contributed by atoms with Gasteiger partial charge in [0.05, 0.1) is 20.8 Å². The van der Waals surface area contributed by atoms with Crippen LogP contribution in [0.3, 0.4) is 0 Å². The molecule has 1 aromatic carbocycles. The van der Waals surface area contributed by atoms with E-state index in [1.54, 1.807) is 11.3 Å². The van der Waals surface area contributed by atoms with Crippen LogP contribution in [0.4, 0.5) is 0 Å². The quantitative estimate of drug-likeness (QED) is 0.701. The van der Waals surface area contributed by atoms with Crippen molar-refractivity contribution in [3.63, 3.8) is 0 Å². The van der Waals surface area contributed by atoms with Gasteiger partial charge in [0.1, 0.15) is 0 Å². The third-order valence-corrected chi connectivity index (χ3v) is 6.77. The molecule has 8 heteroatoms. The first-order chi connectivity index (χ1) is 13.8. The molecule has 1 aromatic heterocycles. The molecular formula is C21H23NO5S2. The van der Waals surface area contributed by atoms with Gasteiger partial charge in [0, 0.05) is 24.3 Å². The maximum atomic E-state index is 12.5. The van der Waals surface area contributed by atoms with Crippen molar-refractivity contribution in [1.29, 1.82) is 0 Å². The first-order valence-corrected chi connectivity index (χ1v) is 11.0. The van der Waals surface area contributed by atoms with Crippen molar-refractivity contribution >= 4 is 39.6 Å². The van der Waals surface area contributed by atoms with Crippen LogP contribution in [-0.2, 0) is 26.1 Å². The highest BCUT2D eigenvalue weighted by Gasteiger charge is 2.23. The number of fused-ring (bicyclic) bond motifs is 2. The lowest BCUT2D eigenvalue weighted by molar-refractivity contribution is -0.134. The Morgan fingerprint density at radius 2 is 1.76 bits per heavy atom. The number of thiophene rings is 1. The van der Waals surface area contributed by atoms with Gasteiger partial charge in [-0.1, -0.05) is 30.3 Å². The maximum absolute atomic E-state index is 12.5. The molecule has 0 radical (unpaired) electrons. The van der Waals surface area contributed by atoms with E-state index in [1.165, 1.54) is 16.7 Å². The number of hydrogen-bond donors (Lipinski definition) is 2. The van der Waals surface area contributed by atoms with Crippen LogP contribution < -0.4 is 0 Å². The van der Waals surface area contributed by atoms with Gasteiger partial charge >= 0.3 is 11.9 Å². The van der Waals surface area contributed by atoms with E-state index in [-0.39, 0.29) is 0 Å². The minimum Gasteiger partial charge on any atom is -0.478 e. The van der Waals surface area contributed by atoms with Crippen LogP contribution in [0.1, 0.15) is 23.1 Å². The largest absolute Gasteiger partial charge is 0.478 e. The molecule has 2 heterocycles. The normalized spacial score (nSPS) is 16.7. The summed E-state index contributed by atoms with van der Waals surface area (Å²) >= 11 is 1.61. The van der Waals surface area contributed by atoms with Crippen LogP contribution >= 0.6 is 11.3 Å². The Kier molecular flexibility index (Phi) is 8.50. The Morgan fingerprint density at radius 1 is 1.10 bits per heavy atom. The van der Waals surface area contributed by atoms with Crippen LogP contribution in [0.15, 0.2) is 58.1 Å². The topological polar surface area (TPSA) is 94.9 Å². The molecule has 1 aliphatic rings. The van der Waals surface area contributed by atoms with Crippen molar-refractivity contribution in [3.05, 3.63) is 70.6 Å². The summed E-state index contributed by atoms with van der Waals surface area (Å²) in [6.45, 7) is 1.02. The monoisotopic (exact) mass is 433 g/mol. The van der Waals surface area contributed by atoms with Gasteiger partial charge in [0.2, 0.25) is 0 Å². The Hall–Kier alpha value is -2.55. The lowest BCUT2D eigenvalue weighted by atomic mass is 9.95. The van der Waals surface area contributed by atoms with Crippen LogP contribution in [-0.4, -0.2) is 51.9 Å². The third-order valence-electron chi connectivity index (χ3n) is 4.01. The number of rotatable bonds is 5. The van der Waals surface area contributed by atoms with Gasteiger partial charge in [-0.2, -0.15) is 0 Å². The van der Waals surface area contributed by atoms with Crippen molar-refractivity contribution in [1.82, 2.24) is 4.90 Å². The van der Waals surface area contributed by atoms with Crippen LogP contribution in [0.25, 0.3) is 5.57 Å². The number of carboxylic acids is 2. The summed E-state index contributed by atoms with van der Waals surface area (Å²) in [5, 5.41) is 17.7. The van der Waals surface area contributed by atoms with Gasteiger partial charge in [-0.15, -0.1) is 11.3 Å². The highest BCUT2D eigenvalue weighted by molar-refractivity contribution is 7.86. The summed E-state index contributed by atoms with van der Waals surface area (Å²) in [5.41, 5.74) is 4.83. The summed E-state index contributed by atoms with van der Waals surface area (Å²) < 4.78 is 13.6. The Morgan fingerprint density at radius 3 is 2.38 bits per heavy atom. The predicted octanol–water partition coefficient (Wildman–Crippen LogP) is 3.46. The molecule has 29 heavy (non-hydrogen) atoms. The standard InChI is InChI=1S/C17H19NOS2.C4H4O4/c1-18(2)10-5-8-15-14-7-4-3-6-13(14)12-21(19)17-16(15)9-11-20-17;5-3(6)1-2-4(7)8/h3-4,6-9,11H,5,10,12H2,1-2H3;1-2H,(H,5,6)(H,7,8)/b15-8+;2-1-. The number of hydrogen-bond acceptors (Lipinski definition) is 5. The second-order valence-electron chi connectivity index (χ2n) is 6.49. The van der Waals surface area contributed by atoms with Crippen molar-refractivity contribution < 1.29 is 24.0 Å². The minimum atomic E-state index is -1.26. The van der Waals surface area contributed by atoms with Crippen LogP contribution in [0, 0.1) is 0 Å². The lowest BCUT2D eigenvalue weighted by Crippen LogP contribution is -2.12. The number of nitrogens with zero attached hydrogens (tertiary/aromatic N) is 1. The third kappa shape index (κ3) is 6.77. The zero-order valence-corrected chi connectivity index (χ0v) is 17.8. The fourth-order valence-corrected chi connectivity index (χ4v) is 5.26. The molecule has 2 aromatic rings. The molecule has 1 atom stereocenters. The molecule has 1 unspecified atom stereocenters. The van der Waals surface area contributed by atoms with E-state index < -0.39 is 22.7 Å². The van der Waals surface area contributed by atoms with E-state index in [2.05, 4.69) is 54.7 Å².